The Balaban J connectivity index is 1.60. The van der Waals surface area contributed by atoms with Crippen LogP contribution in [0, 0.1) is 13.8 Å². The third-order valence-corrected chi connectivity index (χ3v) is 4.01. The Kier molecular flexibility index (Phi) is 3.24. The van der Waals surface area contributed by atoms with Gasteiger partial charge in [0.1, 0.15) is 0 Å². The molecule has 98 valence electrons. The van der Waals surface area contributed by atoms with Crippen molar-refractivity contribution in [2.24, 2.45) is 0 Å². The van der Waals surface area contributed by atoms with Gasteiger partial charge in [-0.1, -0.05) is 24.3 Å². The van der Waals surface area contributed by atoms with Crippen LogP contribution in [0.3, 0.4) is 0 Å². The van der Waals surface area contributed by atoms with Crippen LogP contribution in [0.2, 0.25) is 0 Å². The maximum Gasteiger partial charge on any atom is 0.0531 e. The van der Waals surface area contributed by atoms with E-state index in [2.05, 4.69) is 54.5 Å². The Morgan fingerprint density at radius 2 is 1.89 bits per heavy atom. The van der Waals surface area contributed by atoms with Gasteiger partial charge in [0.25, 0.3) is 0 Å². The topological polar surface area (TPSA) is 24.9 Å². The molecule has 2 aromatic rings. The number of anilines is 1. The molecule has 0 spiro atoms. The van der Waals surface area contributed by atoms with Crippen molar-refractivity contribution in [1.29, 1.82) is 0 Å². The lowest BCUT2D eigenvalue weighted by molar-refractivity contribution is 0.373. The Labute approximate surface area is 114 Å². The van der Waals surface area contributed by atoms with E-state index < -0.39 is 0 Å². The molecule has 2 nitrogen and oxygen atoms in total. The quantitative estimate of drug-likeness (QED) is 0.891. The van der Waals surface area contributed by atoms with Crippen LogP contribution in [0.4, 0.5) is 5.69 Å². The molecular weight excluding hydrogens is 232 g/mol. The fourth-order valence-electron chi connectivity index (χ4n) is 2.90. The predicted molar refractivity (Wildman–Crippen MR) is 79.5 cm³/mol. The number of rotatable bonds is 3. The summed E-state index contributed by atoms with van der Waals surface area (Å²) in [6.45, 7) is 4.29. The molecule has 0 radical (unpaired) electrons. The Bertz CT molecular complexity index is 571. The molecule has 1 N–H and O–H groups in total. The molecule has 1 saturated carbocycles. The van der Waals surface area contributed by atoms with Crippen molar-refractivity contribution in [3.63, 3.8) is 0 Å². The zero-order valence-corrected chi connectivity index (χ0v) is 11.6. The van der Waals surface area contributed by atoms with Crippen LogP contribution in [0.25, 0.3) is 0 Å². The zero-order valence-electron chi connectivity index (χ0n) is 11.6. The van der Waals surface area contributed by atoms with Gasteiger partial charge < -0.3 is 5.32 Å². The van der Waals surface area contributed by atoms with Gasteiger partial charge >= 0.3 is 0 Å². The van der Waals surface area contributed by atoms with E-state index in [1.807, 2.05) is 12.4 Å². The number of hydrogen-bond acceptors (Lipinski definition) is 2. The van der Waals surface area contributed by atoms with Crippen LogP contribution in [-0.2, 0) is 0 Å². The van der Waals surface area contributed by atoms with E-state index in [4.69, 9.17) is 0 Å². The lowest BCUT2D eigenvalue weighted by Gasteiger charge is -2.37. The van der Waals surface area contributed by atoms with E-state index in [-0.39, 0.29) is 0 Å². The van der Waals surface area contributed by atoms with Gasteiger partial charge in [-0.2, -0.15) is 0 Å². The van der Waals surface area contributed by atoms with Gasteiger partial charge in [0.15, 0.2) is 0 Å². The molecule has 3 rings (SSSR count). The lowest BCUT2D eigenvalue weighted by atomic mass is 9.74. The molecule has 0 bridgehead atoms. The number of aryl methyl sites for hydroxylation is 2. The summed E-state index contributed by atoms with van der Waals surface area (Å²) in [5.41, 5.74) is 5.29. The predicted octanol–water partition coefficient (Wildman–Crippen LogP) is 4.06. The number of aromatic nitrogens is 1. The molecule has 1 aliphatic rings. The molecule has 1 fully saturated rings. The minimum absolute atomic E-state index is 0.591. The van der Waals surface area contributed by atoms with Crippen molar-refractivity contribution in [3.8, 4) is 0 Å². The number of hydrogen-bond donors (Lipinski definition) is 1. The maximum atomic E-state index is 4.22. The maximum absolute atomic E-state index is 4.22. The molecule has 1 aromatic carbocycles. The molecule has 0 saturated heterocycles. The third kappa shape index (κ3) is 2.62. The van der Waals surface area contributed by atoms with Crippen LogP contribution >= 0.6 is 0 Å². The standard InChI is InChI=1S/C17H20N2/c1-12-7-16(11-18-10-12)19-15-8-14(9-15)17-6-4-3-5-13(17)2/h3-7,10-11,14-15,19H,8-9H2,1-2H3. The zero-order chi connectivity index (χ0) is 13.2. The summed E-state index contributed by atoms with van der Waals surface area (Å²) in [7, 11) is 0. The molecule has 0 atom stereocenters. The monoisotopic (exact) mass is 252 g/mol. The average molecular weight is 252 g/mol. The summed E-state index contributed by atoms with van der Waals surface area (Å²) in [4.78, 5) is 4.22. The molecule has 1 heterocycles. The second-order valence-corrected chi connectivity index (χ2v) is 5.62. The van der Waals surface area contributed by atoms with Gasteiger partial charge in [-0.15, -0.1) is 0 Å². The fourth-order valence-corrected chi connectivity index (χ4v) is 2.90. The van der Waals surface area contributed by atoms with Crippen molar-refractivity contribution < 1.29 is 0 Å². The van der Waals surface area contributed by atoms with E-state index in [9.17, 15) is 0 Å². The van der Waals surface area contributed by atoms with Crippen molar-refractivity contribution in [2.45, 2.75) is 38.6 Å². The van der Waals surface area contributed by atoms with Gasteiger partial charge in [-0.3, -0.25) is 4.98 Å². The second kappa shape index (κ2) is 5.04. The Morgan fingerprint density at radius 3 is 2.63 bits per heavy atom. The van der Waals surface area contributed by atoms with Crippen LogP contribution < -0.4 is 5.32 Å². The summed E-state index contributed by atoms with van der Waals surface area (Å²) in [5, 5.41) is 3.58. The summed E-state index contributed by atoms with van der Waals surface area (Å²) in [6, 6.07) is 11.5. The van der Waals surface area contributed by atoms with Gasteiger partial charge in [0, 0.05) is 18.4 Å². The number of nitrogens with zero attached hydrogens (tertiary/aromatic N) is 1. The average Bonchev–Trinajstić information content (AvgIpc) is 2.35. The molecule has 1 aromatic heterocycles. The summed E-state index contributed by atoms with van der Waals surface area (Å²) < 4.78 is 0. The molecule has 0 aliphatic heterocycles. The van der Waals surface area contributed by atoms with E-state index in [1.54, 1.807) is 0 Å². The molecular formula is C17H20N2. The highest BCUT2D eigenvalue weighted by molar-refractivity contribution is 5.45. The van der Waals surface area contributed by atoms with Crippen molar-refractivity contribution >= 4 is 5.69 Å². The first kappa shape index (κ1) is 12.2. The highest BCUT2D eigenvalue weighted by Crippen LogP contribution is 2.39. The smallest absolute Gasteiger partial charge is 0.0531 e. The molecule has 2 heteroatoms. The molecule has 0 unspecified atom stereocenters. The number of pyridine rings is 1. The van der Waals surface area contributed by atoms with E-state index >= 15 is 0 Å². The third-order valence-electron chi connectivity index (χ3n) is 4.01. The van der Waals surface area contributed by atoms with Crippen molar-refractivity contribution in [1.82, 2.24) is 4.98 Å². The SMILES string of the molecule is Cc1cncc(NC2CC(c3ccccc3C)C2)c1. The van der Waals surface area contributed by atoms with Gasteiger partial charge in [-0.05, 0) is 55.4 Å². The second-order valence-electron chi connectivity index (χ2n) is 5.62. The summed E-state index contributed by atoms with van der Waals surface area (Å²) in [5.74, 6) is 0.719. The van der Waals surface area contributed by atoms with Gasteiger partial charge in [0.05, 0.1) is 5.69 Å². The fraction of sp³-hybridized carbons (Fsp3) is 0.353. The highest BCUT2D eigenvalue weighted by atomic mass is 14.9. The number of nitrogens with one attached hydrogen (secondary N) is 1. The first-order chi connectivity index (χ1) is 9.22. The van der Waals surface area contributed by atoms with E-state index in [0.29, 0.717) is 6.04 Å². The van der Waals surface area contributed by atoms with Gasteiger partial charge in [-0.25, -0.2) is 0 Å². The highest BCUT2D eigenvalue weighted by Gasteiger charge is 2.30. The van der Waals surface area contributed by atoms with Crippen molar-refractivity contribution in [3.05, 3.63) is 59.4 Å². The van der Waals surface area contributed by atoms with Gasteiger partial charge in [0.2, 0.25) is 0 Å². The number of benzene rings is 1. The molecule has 0 amide bonds. The minimum atomic E-state index is 0.591. The summed E-state index contributed by atoms with van der Waals surface area (Å²) in [6.07, 6.45) is 6.24. The minimum Gasteiger partial charge on any atom is -0.381 e. The first-order valence-corrected chi connectivity index (χ1v) is 6.96. The van der Waals surface area contributed by atoms with Crippen LogP contribution in [0.1, 0.15) is 35.4 Å². The van der Waals surface area contributed by atoms with Crippen LogP contribution in [0.5, 0.6) is 0 Å². The summed E-state index contributed by atoms with van der Waals surface area (Å²) >= 11 is 0. The molecule has 1 aliphatic carbocycles. The Hall–Kier alpha value is -1.83. The van der Waals surface area contributed by atoms with E-state index in [1.165, 1.54) is 29.5 Å². The van der Waals surface area contributed by atoms with Crippen LogP contribution in [0.15, 0.2) is 42.7 Å². The Morgan fingerprint density at radius 1 is 1.11 bits per heavy atom. The van der Waals surface area contributed by atoms with Crippen LogP contribution in [-0.4, -0.2) is 11.0 Å². The van der Waals surface area contributed by atoms with E-state index in [0.717, 1.165) is 11.6 Å². The molecule has 19 heavy (non-hydrogen) atoms. The first-order valence-electron chi connectivity index (χ1n) is 6.96. The normalized spacial score (nSPS) is 21.8. The lowest BCUT2D eigenvalue weighted by Crippen LogP contribution is -2.34. The van der Waals surface area contributed by atoms with Crippen molar-refractivity contribution in [2.75, 3.05) is 5.32 Å². The largest absolute Gasteiger partial charge is 0.381 e.